The van der Waals surface area contributed by atoms with E-state index in [-0.39, 0.29) is 5.92 Å². The van der Waals surface area contributed by atoms with Crippen molar-refractivity contribution in [1.82, 2.24) is 0 Å². The van der Waals surface area contributed by atoms with E-state index in [9.17, 15) is 9.59 Å². The molecule has 0 amide bonds. The third-order valence-corrected chi connectivity index (χ3v) is 3.04. The molecule has 1 aromatic carbocycles. The highest BCUT2D eigenvalue weighted by atomic mass is 35.5. The second-order valence-electron chi connectivity index (χ2n) is 3.82. The first-order valence-electron chi connectivity index (χ1n) is 5.15. The third-order valence-electron chi connectivity index (χ3n) is 2.67. The smallest absolute Gasteiger partial charge is 0.316 e. The fourth-order valence-electron chi connectivity index (χ4n) is 1.77. The van der Waals surface area contributed by atoms with E-state index in [0.717, 1.165) is 5.56 Å². The first-order valence-corrected chi connectivity index (χ1v) is 5.52. The van der Waals surface area contributed by atoms with Gasteiger partial charge >= 0.3 is 11.9 Å². The summed E-state index contributed by atoms with van der Waals surface area (Å²) < 4.78 is 4.59. The van der Waals surface area contributed by atoms with Gasteiger partial charge in [0.1, 0.15) is 0 Å². The molecule has 0 aliphatic carbocycles. The number of rotatable bonds is 2. The molecule has 0 radical (unpaired) electrons. The maximum absolute atomic E-state index is 11.4. The summed E-state index contributed by atoms with van der Waals surface area (Å²) in [5.74, 6) is -1.12. The molecule has 1 heterocycles. The van der Waals surface area contributed by atoms with Crippen molar-refractivity contribution >= 4 is 23.5 Å². The van der Waals surface area contributed by atoms with Crippen molar-refractivity contribution in [3.05, 3.63) is 34.9 Å². The molecule has 0 N–H and O–H groups in total. The van der Waals surface area contributed by atoms with Gasteiger partial charge in [0.2, 0.25) is 0 Å². The zero-order valence-corrected chi connectivity index (χ0v) is 9.37. The number of carbonyl (C=O) groups is 2. The van der Waals surface area contributed by atoms with Crippen LogP contribution in [0.2, 0.25) is 5.02 Å². The maximum Gasteiger partial charge on any atom is 0.316 e. The molecule has 0 aromatic heterocycles. The molecule has 1 aliphatic heterocycles. The molecule has 3 nitrogen and oxygen atoms in total. The van der Waals surface area contributed by atoms with Crippen LogP contribution in [0.15, 0.2) is 24.3 Å². The van der Waals surface area contributed by atoms with Gasteiger partial charge in [0.15, 0.2) is 0 Å². The fraction of sp³-hybridized carbons (Fsp3) is 0.333. The van der Waals surface area contributed by atoms with Crippen molar-refractivity contribution < 1.29 is 14.3 Å². The van der Waals surface area contributed by atoms with E-state index in [1.165, 1.54) is 0 Å². The molecular weight excluding hydrogens is 228 g/mol. The SMILES string of the molecule is O=C1CCC(Cc2ccccc2Cl)C(=O)O1. The lowest BCUT2D eigenvalue weighted by Crippen LogP contribution is -2.29. The van der Waals surface area contributed by atoms with Gasteiger partial charge in [-0.3, -0.25) is 9.59 Å². The molecule has 16 heavy (non-hydrogen) atoms. The van der Waals surface area contributed by atoms with Crippen LogP contribution in [0.25, 0.3) is 0 Å². The van der Waals surface area contributed by atoms with Gasteiger partial charge in [-0.2, -0.15) is 0 Å². The maximum atomic E-state index is 11.4. The summed E-state index contributed by atoms with van der Waals surface area (Å²) in [5.41, 5.74) is 0.917. The van der Waals surface area contributed by atoms with Gasteiger partial charge in [0, 0.05) is 11.4 Å². The van der Waals surface area contributed by atoms with E-state index < -0.39 is 11.9 Å². The number of halogens is 1. The number of carbonyl (C=O) groups excluding carboxylic acids is 2. The standard InChI is InChI=1S/C12H11ClO3/c13-10-4-2-1-3-8(10)7-9-5-6-11(14)16-12(9)15/h1-4,9H,5-7H2. The Bertz CT molecular complexity index is 428. The number of benzene rings is 1. The van der Waals surface area contributed by atoms with Crippen molar-refractivity contribution in [2.75, 3.05) is 0 Å². The van der Waals surface area contributed by atoms with Crippen LogP contribution < -0.4 is 0 Å². The third kappa shape index (κ3) is 2.42. The summed E-state index contributed by atoms with van der Waals surface area (Å²) in [6.07, 6.45) is 1.38. The van der Waals surface area contributed by atoms with Gasteiger partial charge in [-0.1, -0.05) is 29.8 Å². The van der Waals surface area contributed by atoms with Crippen LogP contribution in [0, 0.1) is 5.92 Å². The van der Waals surface area contributed by atoms with Gasteiger partial charge < -0.3 is 4.74 Å². The number of hydrogen-bond acceptors (Lipinski definition) is 3. The van der Waals surface area contributed by atoms with E-state index in [0.29, 0.717) is 24.3 Å². The number of cyclic esters (lactones) is 2. The van der Waals surface area contributed by atoms with Crippen LogP contribution in [-0.2, 0) is 20.7 Å². The molecule has 1 unspecified atom stereocenters. The zero-order chi connectivity index (χ0) is 11.5. The van der Waals surface area contributed by atoms with Gasteiger partial charge in [0.25, 0.3) is 0 Å². The summed E-state index contributed by atoms with van der Waals surface area (Å²) in [6.45, 7) is 0. The zero-order valence-electron chi connectivity index (χ0n) is 8.61. The molecule has 84 valence electrons. The average molecular weight is 239 g/mol. The van der Waals surface area contributed by atoms with Crippen LogP contribution in [0.4, 0.5) is 0 Å². The van der Waals surface area contributed by atoms with Crippen LogP contribution in [0.1, 0.15) is 18.4 Å². The van der Waals surface area contributed by atoms with Crippen molar-refractivity contribution in [3.8, 4) is 0 Å². The van der Waals surface area contributed by atoms with Crippen LogP contribution >= 0.6 is 11.6 Å². The summed E-state index contributed by atoms with van der Waals surface area (Å²) in [6, 6.07) is 7.39. The topological polar surface area (TPSA) is 43.4 Å². The molecule has 0 spiro atoms. The predicted octanol–water partition coefficient (Wildman–Crippen LogP) is 2.36. The van der Waals surface area contributed by atoms with E-state index in [2.05, 4.69) is 4.74 Å². The molecule has 1 aromatic rings. The van der Waals surface area contributed by atoms with Crippen LogP contribution in [0.3, 0.4) is 0 Å². The van der Waals surface area contributed by atoms with Crippen molar-refractivity contribution in [2.24, 2.45) is 5.92 Å². The Morgan fingerprint density at radius 3 is 2.75 bits per heavy atom. The number of ether oxygens (including phenoxy) is 1. The molecular formula is C12H11ClO3. The van der Waals surface area contributed by atoms with Crippen LogP contribution in [-0.4, -0.2) is 11.9 Å². The Labute approximate surface area is 98.4 Å². The lowest BCUT2D eigenvalue weighted by atomic mass is 9.93. The number of esters is 2. The second-order valence-corrected chi connectivity index (χ2v) is 4.23. The minimum absolute atomic E-state index is 0.252. The van der Waals surface area contributed by atoms with E-state index in [1.54, 1.807) is 6.07 Å². The van der Waals surface area contributed by atoms with Gasteiger partial charge in [0.05, 0.1) is 5.92 Å². The first-order chi connectivity index (χ1) is 7.66. The Morgan fingerprint density at radius 2 is 2.06 bits per heavy atom. The fourth-order valence-corrected chi connectivity index (χ4v) is 1.98. The first kappa shape index (κ1) is 11.1. The molecule has 0 saturated carbocycles. The van der Waals surface area contributed by atoms with Gasteiger partial charge in [-0.25, -0.2) is 0 Å². The Hall–Kier alpha value is -1.35. The highest BCUT2D eigenvalue weighted by Gasteiger charge is 2.29. The minimum atomic E-state index is -0.434. The molecule has 2 rings (SSSR count). The normalized spacial score (nSPS) is 20.7. The highest BCUT2D eigenvalue weighted by Crippen LogP contribution is 2.24. The number of hydrogen-bond donors (Lipinski definition) is 0. The average Bonchev–Trinajstić information content (AvgIpc) is 2.25. The second kappa shape index (κ2) is 4.66. The van der Waals surface area contributed by atoms with E-state index in [1.807, 2.05) is 18.2 Å². The van der Waals surface area contributed by atoms with Crippen molar-refractivity contribution in [1.29, 1.82) is 0 Å². The molecule has 1 atom stereocenters. The highest BCUT2D eigenvalue weighted by molar-refractivity contribution is 6.31. The van der Waals surface area contributed by atoms with E-state index in [4.69, 9.17) is 11.6 Å². The summed E-state index contributed by atoms with van der Waals surface area (Å²) in [5, 5.41) is 0.646. The minimum Gasteiger partial charge on any atom is -0.393 e. The van der Waals surface area contributed by atoms with Crippen molar-refractivity contribution in [2.45, 2.75) is 19.3 Å². The van der Waals surface area contributed by atoms with Gasteiger partial charge in [-0.15, -0.1) is 0 Å². The molecule has 1 aliphatic rings. The Kier molecular flexibility index (Phi) is 3.25. The predicted molar refractivity (Wildman–Crippen MR) is 59.0 cm³/mol. The van der Waals surface area contributed by atoms with E-state index >= 15 is 0 Å². The van der Waals surface area contributed by atoms with Crippen LogP contribution in [0.5, 0.6) is 0 Å². The molecule has 4 heteroatoms. The lowest BCUT2D eigenvalue weighted by Gasteiger charge is -2.19. The van der Waals surface area contributed by atoms with Crippen molar-refractivity contribution in [3.63, 3.8) is 0 Å². The monoisotopic (exact) mass is 238 g/mol. The Balaban J connectivity index is 2.08. The molecule has 1 saturated heterocycles. The molecule has 1 fully saturated rings. The largest absolute Gasteiger partial charge is 0.393 e. The quantitative estimate of drug-likeness (QED) is 0.587. The summed E-state index contributed by atoms with van der Waals surface area (Å²) >= 11 is 6.00. The lowest BCUT2D eigenvalue weighted by molar-refractivity contribution is -0.167. The molecule has 0 bridgehead atoms. The Morgan fingerprint density at radius 1 is 1.31 bits per heavy atom. The summed E-state index contributed by atoms with van der Waals surface area (Å²) in [4.78, 5) is 22.3. The van der Waals surface area contributed by atoms with Gasteiger partial charge in [-0.05, 0) is 24.5 Å². The summed E-state index contributed by atoms with van der Waals surface area (Å²) in [7, 11) is 0.